The van der Waals surface area contributed by atoms with E-state index in [9.17, 15) is 4.79 Å². The minimum atomic E-state index is -0.574. The summed E-state index contributed by atoms with van der Waals surface area (Å²) in [6, 6.07) is 8.69. The van der Waals surface area contributed by atoms with Crippen molar-refractivity contribution in [3.63, 3.8) is 0 Å². The maximum atomic E-state index is 12.0. The van der Waals surface area contributed by atoms with E-state index in [1.165, 1.54) is 12.0 Å². The number of nitrogens with one attached hydrogen (secondary N) is 1. The van der Waals surface area contributed by atoms with E-state index >= 15 is 0 Å². The summed E-state index contributed by atoms with van der Waals surface area (Å²) in [6.07, 6.45) is 3.07. The van der Waals surface area contributed by atoms with E-state index in [1.807, 2.05) is 19.1 Å². The molecule has 0 bridgehead atoms. The second-order valence-corrected chi connectivity index (χ2v) is 7.38. The van der Waals surface area contributed by atoms with Gasteiger partial charge in [0, 0.05) is 21.2 Å². The van der Waals surface area contributed by atoms with Crippen LogP contribution in [-0.4, -0.2) is 30.4 Å². The summed E-state index contributed by atoms with van der Waals surface area (Å²) >= 11 is 5.23. The van der Waals surface area contributed by atoms with Crippen molar-refractivity contribution in [1.82, 2.24) is 5.32 Å². The number of carbonyl (C=O) groups excluding carboxylic acids is 1. The lowest BCUT2D eigenvalue weighted by molar-refractivity contribution is -0.148. The van der Waals surface area contributed by atoms with E-state index in [2.05, 4.69) is 33.4 Å². The zero-order valence-corrected chi connectivity index (χ0v) is 14.2. The standard InChI is InChI=1S/C15H20BrNO2S/c1-15(14(18)19-2,17-12-6-7-12)8-9-20-13-5-3-4-11(16)10-13/h3-5,10,12,17H,6-9H2,1-2H3. The van der Waals surface area contributed by atoms with Gasteiger partial charge in [-0.25, -0.2) is 0 Å². The van der Waals surface area contributed by atoms with E-state index in [1.54, 1.807) is 11.8 Å². The van der Waals surface area contributed by atoms with Crippen LogP contribution in [0.25, 0.3) is 0 Å². The molecule has 0 aromatic heterocycles. The van der Waals surface area contributed by atoms with Crippen molar-refractivity contribution in [2.45, 2.75) is 42.7 Å². The average Bonchev–Trinajstić information content (AvgIpc) is 3.21. The average molecular weight is 358 g/mol. The number of thioether (sulfide) groups is 1. The van der Waals surface area contributed by atoms with Crippen LogP contribution in [0.5, 0.6) is 0 Å². The van der Waals surface area contributed by atoms with Crippen molar-refractivity contribution in [1.29, 1.82) is 0 Å². The maximum Gasteiger partial charge on any atom is 0.325 e. The van der Waals surface area contributed by atoms with Crippen LogP contribution in [0, 0.1) is 0 Å². The summed E-state index contributed by atoms with van der Waals surface area (Å²) in [5.74, 6) is 0.709. The van der Waals surface area contributed by atoms with Gasteiger partial charge in [0.05, 0.1) is 7.11 Å². The number of ether oxygens (including phenoxy) is 1. The monoisotopic (exact) mass is 357 g/mol. The molecule has 2 rings (SSSR count). The SMILES string of the molecule is COC(=O)C(C)(CCSc1cccc(Br)c1)NC1CC1. The molecular formula is C15H20BrNO2S. The van der Waals surface area contributed by atoms with Crippen LogP contribution in [0.15, 0.2) is 33.6 Å². The van der Waals surface area contributed by atoms with E-state index in [0.29, 0.717) is 6.04 Å². The van der Waals surface area contributed by atoms with Gasteiger partial charge >= 0.3 is 5.97 Å². The van der Waals surface area contributed by atoms with Crippen LogP contribution in [0.1, 0.15) is 26.2 Å². The van der Waals surface area contributed by atoms with E-state index < -0.39 is 5.54 Å². The number of hydrogen-bond donors (Lipinski definition) is 1. The molecule has 0 radical (unpaired) electrons. The highest BCUT2D eigenvalue weighted by molar-refractivity contribution is 9.10. The van der Waals surface area contributed by atoms with Gasteiger partial charge in [0.15, 0.2) is 0 Å². The molecule has 1 aliphatic carbocycles. The Kier molecular flexibility index (Phi) is 5.52. The maximum absolute atomic E-state index is 12.0. The summed E-state index contributed by atoms with van der Waals surface area (Å²) < 4.78 is 6.03. The van der Waals surface area contributed by atoms with Gasteiger partial charge in [0.25, 0.3) is 0 Å². The molecule has 1 aromatic rings. The lowest BCUT2D eigenvalue weighted by atomic mass is 9.99. The van der Waals surface area contributed by atoms with Gasteiger partial charge in [-0.2, -0.15) is 0 Å². The number of hydrogen-bond acceptors (Lipinski definition) is 4. The van der Waals surface area contributed by atoms with E-state index in [0.717, 1.165) is 29.5 Å². The van der Waals surface area contributed by atoms with Crippen molar-refractivity contribution in [2.24, 2.45) is 0 Å². The van der Waals surface area contributed by atoms with Crippen LogP contribution in [0.3, 0.4) is 0 Å². The van der Waals surface area contributed by atoms with Crippen molar-refractivity contribution in [3.05, 3.63) is 28.7 Å². The van der Waals surface area contributed by atoms with Crippen LogP contribution < -0.4 is 5.32 Å². The van der Waals surface area contributed by atoms with Gasteiger partial charge in [-0.1, -0.05) is 22.0 Å². The Morgan fingerprint density at radius 3 is 2.90 bits per heavy atom. The van der Waals surface area contributed by atoms with Gasteiger partial charge in [-0.15, -0.1) is 11.8 Å². The first-order chi connectivity index (χ1) is 9.53. The minimum Gasteiger partial charge on any atom is -0.468 e. The smallest absolute Gasteiger partial charge is 0.325 e. The Morgan fingerprint density at radius 1 is 1.55 bits per heavy atom. The Labute approximate surface area is 133 Å². The fourth-order valence-electron chi connectivity index (χ4n) is 2.07. The third-order valence-corrected chi connectivity index (χ3v) is 4.89. The van der Waals surface area contributed by atoms with Crippen LogP contribution in [-0.2, 0) is 9.53 Å². The molecule has 0 heterocycles. The molecule has 20 heavy (non-hydrogen) atoms. The molecule has 1 aromatic carbocycles. The summed E-state index contributed by atoms with van der Waals surface area (Å²) in [4.78, 5) is 13.2. The predicted octanol–water partition coefficient (Wildman–Crippen LogP) is 3.62. The highest BCUT2D eigenvalue weighted by Gasteiger charge is 2.38. The molecular weight excluding hydrogens is 338 g/mol. The first-order valence-electron chi connectivity index (χ1n) is 6.78. The summed E-state index contributed by atoms with van der Waals surface area (Å²) in [5, 5.41) is 3.42. The molecule has 1 unspecified atom stereocenters. The number of carbonyl (C=O) groups is 1. The fourth-order valence-corrected chi connectivity index (χ4v) is 3.75. The molecule has 0 amide bonds. The first kappa shape index (κ1) is 15.9. The molecule has 5 heteroatoms. The first-order valence-corrected chi connectivity index (χ1v) is 8.56. The van der Waals surface area contributed by atoms with Crippen LogP contribution in [0.2, 0.25) is 0 Å². The van der Waals surface area contributed by atoms with Gasteiger partial charge in [-0.05, 0) is 44.4 Å². The van der Waals surface area contributed by atoms with Crippen molar-refractivity contribution < 1.29 is 9.53 Å². The quantitative estimate of drug-likeness (QED) is 0.597. The summed E-state index contributed by atoms with van der Waals surface area (Å²) in [7, 11) is 1.45. The second-order valence-electron chi connectivity index (χ2n) is 5.30. The minimum absolute atomic E-state index is 0.167. The Balaban J connectivity index is 1.89. The van der Waals surface area contributed by atoms with Crippen LogP contribution >= 0.6 is 27.7 Å². The fraction of sp³-hybridized carbons (Fsp3) is 0.533. The normalized spacial score (nSPS) is 17.6. The van der Waals surface area contributed by atoms with Gasteiger partial charge < -0.3 is 4.74 Å². The number of esters is 1. The molecule has 1 N–H and O–H groups in total. The molecule has 3 nitrogen and oxygen atoms in total. The van der Waals surface area contributed by atoms with Crippen molar-refractivity contribution in [2.75, 3.05) is 12.9 Å². The Bertz CT molecular complexity index is 479. The van der Waals surface area contributed by atoms with Gasteiger partial charge in [0.1, 0.15) is 5.54 Å². The number of halogens is 1. The lowest BCUT2D eigenvalue weighted by Crippen LogP contribution is -2.51. The predicted molar refractivity (Wildman–Crippen MR) is 86.1 cm³/mol. The van der Waals surface area contributed by atoms with E-state index in [4.69, 9.17) is 4.74 Å². The molecule has 1 atom stereocenters. The van der Waals surface area contributed by atoms with Crippen molar-refractivity contribution >= 4 is 33.7 Å². The van der Waals surface area contributed by atoms with Crippen molar-refractivity contribution in [3.8, 4) is 0 Å². The second kappa shape index (κ2) is 6.96. The summed E-state index contributed by atoms with van der Waals surface area (Å²) in [6.45, 7) is 1.94. The Morgan fingerprint density at radius 2 is 2.30 bits per heavy atom. The zero-order valence-electron chi connectivity index (χ0n) is 11.8. The third-order valence-electron chi connectivity index (χ3n) is 3.40. The molecule has 0 saturated heterocycles. The van der Waals surface area contributed by atoms with Gasteiger partial charge in [-0.3, -0.25) is 10.1 Å². The molecule has 1 saturated carbocycles. The molecule has 1 fully saturated rings. The zero-order chi connectivity index (χ0) is 14.6. The third kappa shape index (κ3) is 4.50. The topological polar surface area (TPSA) is 38.3 Å². The molecule has 0 spiro atoms. The largest absolute Gasteiger partial charge is 0.468 e. The van der Waals surface area contributed by atoms with Crippen LogP contribution in [0.4, 0.5) is 0 Å². The highest BCUT2D eigenvalue weighted by atomic mass is 79.9. The number of methoxy groups -OCH3 is 1. The highest BCUT2D eigenvalue weighted by Crippen LogP contribution is 2.28. The molecule has 1 aliphatic rings. The molecule has 0 aliphatic heterocycles. The number of rotatable bonds is 7. The van der Waals surface area contributed by atoms with Gasteiger partial charge in [0.2, 0.25) is 0 Å². The van der Waals surface area contributed by atoms with E-state index in [-0.39, 0.29) is 5.97 Å². The molecule has 110 valence electrons. The number of benzene rings is 1. The Hall–Kier alpha value is -0.520. The summed E-state index contributed by atoms with van der Waals surface area (Å²) in [5.41, 5.74) is -0.574. The lowest BCUT2D eigenvalue weighted by Gasteiger charge is -2.28.